The predicted octanol–water partition coefficient (Wildman–Crippen LogP) is 5.07. The molecule has 0 aliphatic carbocycles. The third-order valence-corrected chi connectivity index (χ3v) is 5.75. The minimum atomic E-state index is 0.674. The second-order valence-corrected chi connectivity index (χ2v) is 7.71. The van der Waals surface area contributed by atoms with E-state index < -0.39 is 0 Å². The lowest BCUT2D eigenvalue weighted by molar-refractivity contribution is 0.419. The number of aromatic nitrogens is 3. The van der Waals surface area contributed by atoms with Crippen molar-refractivity contribution in [2.45, 2.75) is 6.42 Å². The van der Waals surface area contributed by atoms with Crippen LogP contribution in [-0.2, 0) is 6.42 Å². The molecule has 0 saturated heterocycles. The third kappa shape index (κ3) is 3.00. The molecule has 0 atom stereocenters. The van der Waals surface area contributed by atoms with Crippen molar-refractivity contribution in [2.24, 2.45) is 0 Å². The van der Waals surface area contributed by atoms with Gasteiger partial charge in [-0.25, -0.2) is 4.98 Å². The Hall–Kier alpha value is -2.02. The van der Waals surface area contributed by atoms with E-state index in [1.807, 2.05) is 36.4 Å². The van der Waals surface area contributed by atoms with E-state index in [1.54, 1.807) is 29.8 Å². The van der Waals surface area contributed by atoms with Gasteiger partial charge in [0, 0.05) is 10.6 Å². The lowest BCUT2D eigenvalue weighted by Gasteiger charge is -1.98. The van der Waals surface area contributed by atoms with Gasteiger partial charge in [0.25, 0.3) is 0 Å². The first-order valence-electron chi connectivity index (χ1n) is 7.23. The minimum Gasteiger partial charge on any atom is -0.494 e. The van der Waals surface area contributed by atoms with Crippen LogP contribution < -0.4 is 4.74 Å². The van der Waals surface area contributed by atoms with E-state index in [0.717, 1.165) is 36.6 Å². The third-order valence-electron chi connectivity index (χ3n) is 3.51. The maximum Gasteiger partial charge on any atom is 0.147 e. The Kier molecular flexibility index (Phi) is 4.18. The summed E-state index contributed by atoms with van der Waals surface area (Å²) >= 11 is 9.16. The fourth-order valence-electron chi connectivity index (χ4n) is 2.37. The second kappa shape index (κ2) is 6.47. The van der Waals surface area contributed by atoms with Crippen LogP contribution in [0.2, 0.25) is 5.02 Å². The summed E-state index contributed by atoms with van der Waals surface area (Å²) < 4.78 is 6.49. The average molecular weight is 374 g/mol. The molecular formula is C17H12ClN3OS2. The van der Waals surface area contributed by atoms with Crippen LogP contribution in [0, 0.1) is 0 Å². The summed E-state index contributed by atoms with van der Waals surface area (Å²) in [5.41, 5.74) is 1.93. The normalized spacial score (nSPS) is 11.1. The first kappa shape index (κ1) is 15.5. The van der Waals surface area contributed by atoms with Gasteiger partial charge in [-0.15, -0.1) is 21.5 Å². The summed E-state index contributed by atoms with van der Waals surface area (Å²) in [6.07, 6.45) is 0.674. The monoisotopic (exact) mass is 373 g/mol. The predicted molar refractivity (Wildman–Crippen MR) is 99.3 cm³/mol. The number of hydrogen-bond acceptors (Lipinski definition) is 6. The zero-order valence-electron chi connectivity index (χ0n) is 12.7. The van der Waals surface area contributed by atoms with Crippen LogP contribution in [0.5, 0.6) is 5.75 Å². The van der Waals surface area contributed by atoms with Crippen molar-refractivity contribution in [3.8, 4) is 16.3 Å². The van der Waals surface area contributed by atoms with Crippen LogP contribution in [0.1, 0.15) is 10.0 Å². The van der Waals surface area contributed by atoms with Crippen LogP contribution in [0.25, 0.3) is 20.8 Å². The number of hydrogen-bond donors (Lipinski definition) is 0. The lowest BCUT2D eigenvalue weighted by atomic mass is 10.2. The Balaban J connectivity index is 1.61. The van der Waals surface area contributed by atoms with Gasteiger partial charge in [0.1, 0.15) is 26.3 Å². The Labute approximate surface area is 151 Å². The van der Waals surface area contributed by atoms with Gasteiger partial charge in [0.05, 0.1) is 18.2 Å². The molecule has 120 valence electrons. The number of benzene rings is 2. The molecule has 0 fully saturated rings. The van der Waals surface area contributed by atoms with E-state index in [0.29, 0.717) is 11.4 Å². The van der Waals surface area contributed by atoms with Crippen LogP contribution in [0.3, 0.4) is 0 Å². The molecule has 2 aromatic carbocycles. The molecule has 7 heteroatoms. The molecule has 0 aliphatic rings. The van der Waals surface area contributed by atoms with Crippen LogP contribution in [0.15, 0.2) is 42.5 Å². The number of thiazole rings is 1. The SMILES string of the molecule is COc1cccc2sc(Cc3nnc(-c4ccc(Cl)cc4)s3)nc12. The average Bonchev–Trinajstić information content (AvgIpc) is 3.22. The molecule has 0 saturated carbocycles. The molecule has 0 spiro atoms. The molecule has 2 aromatic heterocycles. The molecule has 0 N–H and O–H groups in total. The molecule has 0 bridgehead atoms. The summed E-state index contributed by atoms with van der Waals surface area (Å²) in [7, 11) is 1.66. The summed E-state index contributed by atoms with van der Waals surface area (Å²) in [5.74, 6) is 0.800. The highest BCUT2D eigenvalue weighted by Gasteiger charge is 2.12. The zero-order valence-corrected chi connectivity index (χ0v) is 15.1. The molecule has 2 heterocycles. The quantitative estimate of drug-likeness (QED) is 0.501. The van der Waals surface area contributed by atoms with Crippen molar-refractivity contribution in [3.05, 3.63) is 57.5 Å². The van der Waals surface area contributed by atoms with Crippen molar-refractivity contribution in [1.29, 1.82) is 0 Å². The number of methoxy groups -OCH3 is 1. The van der Waals surface area contributed by atoms with Gasteiger partial charge < -0.3 is 4.74 Å². The van der Waals surface area contributed by atoms with Crippen molar-refractivity contribution in [1.82, 2.24) is 15.2 Å². The van der Waals surface area contributed by atoms with Crippen LogP contribution in [-0.4, -0.2) is 22.3 Å². The first-order valence-corrected chi connectivity index (χ1v) is 9.25. The van der Waals surface area contributed by atoms with Gasteiger partial charge in [0.15, 0.2) is 0 Å². The van der Waals surface area contributed by atoms with Crippen LogP contribution in [0.4, 0.5) is 0 Å². The van der Waals surface area contributed by atoms with E-state index in [1.165, 1.54) is 0 Å². The molecule has 0 amide bonds. The van der Waals surface area contributed by atoms with Crippen molar-refractivity contribution in [3.63, 3.8) is 0 Å². The maximum atomic E-state index is 5.93. The van der Waals surface area contributed by atoms with Gasteiger partial charge in [-0.1, -0.05) is 41.1 Å². The molecule has 0 radical (unpaired) electrons. The van der Waals surface area contributed by atoms with Gasteiger partial charge >= 0.3 is 0 Å². The number of para-hydroxylation sites is 1. The number of fused-ring (bicyclic) bond motifs is 1. The molecule has 4 aromatic rings. The lowest BCUT2D eigenvalue weighted by Crippen LogP contribution is -1.87. The van der Waals surface area contributed by atoms with Crippen molar-refractivity contribution in [2.75, 3.05) is 7.11 Å². The van der Waals surface area contributed by atoms with Crippen molar-refractivity contribution < 1.29 is 4.74 Å². The number of ether oxygens (including phenoxy) is 1. The van der Waals surface area contributed by atoms with Crippen molar-refractivity contribution >= 4 is 44.5 Å². The molecule has 0 unspecified atom stereocenters. The smallest absolute Gasteiger partial charge is 0.147 e. The van der Waals surface area contributed by atoms with Gasteiger partial charge in [-0.3, -0.25) is 0 Å². The van der Waals surface area contributed by atoms with Crippen LogP contribution >= 0.6 is 34.3 Å². The molecule has 4 nitrogen and oxygen atoms in total. The Morgan fingerprint density at radius 1 is 1.00 bits per heavy atom. The zero-order chi connectivity index (χ0) is 16.5. The molecule has 4 rings (SSSR count). The van der Waals surface area contributed by atoms with Gasteiger partial charge in [0.2, 0.25) is 0 Å². The summed E-state index contributed by atoms with van der Waals surface area (Å²) in [5, 5.41) is 12.1. The number of rotatable bonds is 4. The van der Waals surface area contributed by atoms with Gasteiger partial charge in [-0.05, 0) is 24.3 Å². The topological polar surface area (TPSA) is 47.9 Å². The minimum absolute atomic E-state index is 0.674. The molecular weight excluding hydrogens is 362 g/mol. The highest BCUT2D eigenvalue weighted by molar-refractivity contribution is 7.19. The first-order chi connectivity index (χ1) is 11.7. The standard InChI is InChI=1S/C17H12ClN3OS2/c1-22-12-3-2-4-13-16(12)19-14(23-13)9-15-20-21-17(24-15)10-5-7-11(18)8-6-10/h2-8H,9H2,1H3. The van der Waals surface area contributed by atoms with E-state index in [-0.39, 0.29) is 0 Å². The number of halogens is 1. The fraction of sp³-hybridized carbons (Fsp3) is 0.118. The Morgan fingerprint density at radius 3 is 2.62 bits per heavy atom. The van der Waals surface area contributed by atoms with E-state index >= 15 is 0 Å². The Morgan fingerprint density at radius 2 is 1.83 bits per heavy atom. The van der Waals surface area contributed by atoms with Gasteiger partial charge in [-0.2, -0.15) is 0 Å². The maximum absolute atomic E-state index is 5.93. The Bertz CT molecular complexity index is 995. The van der Waals surface area contributed by atoms with E-state index in [4.69, 9.17) is 16.3 Å². The molecule has 24 heavy (non-hydrogen) atoms. The largest absolute Gasteiger partial charge is 0.494 e. The highest BCUT2D eigenvalue weighted by atomic mass is 35.5. The number of nitrogens with zero attached hydrogens (tertiary/aromatic N) is 3. The molecule has 0 aliphatic heterocycles. The second-order valence-electron chi connectivity index (χ2n) is 5.10. The summed E-state index contributed by atoms with van der Waals surface area (Å²) in [6.45, 7) is 0. The summed E-state index contributed by atoms with van der Waals surface area (Å²) in [6, 6.07) is 13.6. The fourth-order valence-corrected chi connectivity index (χ4v) is 4.43. The highest BCUT2D eigenvalue weighted by Crippen LogP contribution is 2.32. The van der Waals surface area contributed by atoms with E-state index in [9.17, 15) is 0 Å². The van der Waals surface area contributed by atoms with E-state index in [2.05, 4.69) is 21.2 Å². The summed E-state index contributed by atoms with van der Waals surface area (Å²) in [4.78, 5) is 4.69.